The maximum absolute atomic E-state index is 11.6. The number of hydrogen-bond donors (Lipinski definition) is 0. The molecule has 2 aliphatic rings. The fourth-order valence-corrected chi connectivity index (χ4v) is 2.23. The van der Waals surface area contributed by atoms with Crippen molar-refractivity contribution >= 4 is 5.91 Å². The van der Waals surface area contributed by atoms with Crippen LogP contribution in [0.1, 0.15) is 26.2 Å². The van der Waals surface area contributed by atoms with Crippen LogP contribution in [0.15, 0.2) is 0 Å². The summed E-state index contributed by atoms with van der Waals surface area (Å²) < 4.78 is 5.55. The van der Waals surface area contributed by atoms with Gasteiger partial charge >= 0.3 is 0 Å². The molecule has 0 aromatic heterocycles. The first-order chi connectivity index (χ1) is 6.03. The second-order valence-corrected chi connectivity index (χ2v) is 4.62. The smallest absolute Gasteiger partial charge is 0.225 e. The number of epoxide rings is 1. The lowest BCUT2D eigenvalue weighted by Crippen LogP contribution is -2.34. The third kappa shape index (κ3) is 1.46. The summed E-state index contributed by atoms with van der Waals surface area (Å²) in [4.78, 5) is 13.3. The quantitative estimate of drug-likeness (QED) is 0.569. The molecule has 0 radical (unpaired) electrons. The minimum atomic E-state index is 0.128. The number of amides is 1. The van der Waals surface area contributed by atoms with Gasteiger partial charge in [0.1, 0.15) is 0 Å². The second kappa shape index (κ2) is 2.71. The van der Waals surface area contributed by atoms with Gasteiger partial charge in [-0.1, -0.05) is 0 Å². The molecule has 0 bridgehead atoms. The van der Waals surface area contributed by atoms with Crippen LogP contribution in [0, 0.1) is 5.92 Å². The molecule has 13 heavy (non-hydrogen) atoms. The fourth-order valence-electron chi connectivity index (χ4n) is 2.23. The van der Waals surface area contributed by atoms with Gasteiger partial charge in [-0.05, 0) is 26.2 Å². The largest absolute Gasteiger partial charge is 0.366 e. The molecule has 2 rings (SSSR count). The van der Waals surface area contributed by atoms with Crippen LogP contribution in [0.2, 0.25) is 0 Å². The molecule has 1 aliphatic heterocycles. The third-order valence-corrected chi connectivity index (χ3v) is 3.31. The van der Waals surface area contributed by atoms with Gasteiger partial charge in [-0.3, -0.25) is 4.79 Å². The highest BCUT2D eigenvalue weighted by molar-refractivity contribution is 5.78. The first-order valence-corrected chi connectivity index (χ1v) is 4.92. The van der Waals surface area contributed by atoms with Crippen molar-refractivity contribution in [3.05, 3.63) is 0 Å². The SMILES string of the molecule is CN(C)C(=O)C1CCC2(C)OC2C1. The van der Waals surface area contributed by atoms with E-state index in [4.69, 9.17) is 4.74 Å². The summed E-state index contributed by atoms with van der Waals surface area (Å²) in [7, 11) is 3.65. The molecule has 1 amide bonds. The number of fused-ring (bicyclic) bond motifs is 1. The zero-order chi connectivity index (χ0) is 9.64. The molecule has 1 saturated carbocycles. The van der Waals surface area contributed by atoms with Crippen LogP contribution in [0.4, 0.5) is 0 Å². The zero-order valence-electron chi connectivity index (χ0n) is 8.54. The summed E-state index contributed by atoms with van der Waals surface area (Å²) in [5.74, 6) is 0.466. The molecule has 3 heteroatoms. The van der Waals surface area contributed by atoms with Gasteiger partial charge in [0.05, 0.1) is 11.7 Å². The Morgan fingerprint density at radius 2 is 2.23 bits per heavy atom. The van der Waals surface area contributed by atoms with Crippen molar-refractivity contribution in [1.82, 2.24) is 4.90 Å². The van der Waals surface area contributed by atoms with E-state index < -0.39 is 0 Å². The molecular weight excluding hydrogens is 166 g/mol. The summed E-state index contributed by atoms with van der Waals surface area (Å²) in [5.41, 5.74) is 0.128. The Morgan fingerprint density at radius 3 is 2.77 bits per heavy atom. The highest BCUT2D eigenvalue weighted by atomic mass is 16.6. The van der Waals surface area contributed by atoms with E-state index in [0.29, 0.717) is 6.10 Å². The molecule has 0 aromatic carbocycles. The maximum Gasteiger partial charge on any atom is 0.225 e. The van der Waals surface area contributed by atoms with E-state index in [1.54, 1.807) is 4.90 Å². The number of nitrogens with zero attached hydrogens (tertiary/aromatic N) is 1. The Labute approximate surface area is 79.0 Å². The molecule has 1 saturated heterocycles. The molecule has 3 unspecified atom stereocenters. The van der Waals surface area contributed by atoms with Crippen LogP contribution in [0.5, 0.6) is 0 Å². The summed E-state index contributed by atoms with van der Waals surface area (Å²) in [6, 6.07) is 0. The van der Waals surface area contributed by atoms with Gasteiger partial charge in [0.25, 0.3) is 0 Å². The predicted molar refractivity (Wildman–Crippen MR) is 49.3 cm³/mol. The molecule has 3 atom stereocenters. The highest BCUT2D eigenvalue weighted by Crippen LogP contribution is 2.49. The molecule has 0 N–H and O–H groups in total. The van der Waals surface area contributed by atoms with Crippen LogP contribution >= 0.6 is 0 Å². The second-order valence-electron chi connectivity index (χ2n) is 4.62. The molecular formula is C10H17NO2. The number of ether oxygens (including phenoxy) is 1. The first-order valence-electron chi connectivity index (χ1n) is 4.92. The van der Waals surface area contributed by atoms with E-state index in [9.17, 15) is 4.79 Å². The maximum atomic E-state index is 11.6. The van der Waals surface area contributed by atoms with E-state index in [2.05, 4.69) is 6.92 Å². The van der Waals surface area contributed by atoms with Crippen molar-refractivity contribution < 1.29 is 9.53 Å². The number of rotatable bonds is 1. The monoisotopic (exact) mass is 183 g/mol. The van der Waals surface area contributed by atoms with Crippen LogP contribution in [-0.2, 0) is 9.53 Å². The highest BCUT2D eigenvalue weighted by Gasteiger charge is 2.56. The first kappa shape index (κ1) is 9.00. The van der Waals surface area contributed by atoms with E-state index in [-0.39, 0.29) is 17.4 Å². The number of carbonyl (C=O) groups is 1. The molecule has 1 heterocycles. The molecule has 2 fully saturated rings. The predicted octanol–water partition coefficient (Wildman–Crippen LogP) is 1.03. The van der Waals surface area contributed by atoms with Gasteiger partial charge in [-0.25, -0.2) is 0 Å². The van der Waals surface area contributed by atoms with Gasteiger partial charge in [-0.2, -0.15) is 0 Å². The van der Waals surface area contributed by atoms with Crippen LogP contribution in [0.25, 0.3) is 0 Å². The molecule has 1 aliphatic carbocycles. The normalized spacial score (nSPS) is 42.4. The Morgan fingerprint density at radius 1 is 1.54 bits per heavy atom. The van der Waals surface area contributed by atoms with Crippen molar-refractivity contribution in [1.29, 1.82) is 0 Å². The van der Waals surface area contributed by atoms with Gasteiger partial charge in [0.2, 0.25) is 5.91 Å². The Kier molecular flexibility index (Phi) is 1.88. The van der Waals surface area contributed by atoms with Crippen molar-refractivity contribution in [3.8, 4) is 0 Å². The summed E-state index contributed by atoms with van der Waals surface area (Å²) >= 11 is 0. The summed E-state index contributed by atoms with van der Waals surface area (Å²) in [6.07, 6.45) is 3.31. The van der Waals surface area contributed by atoms with Crippen molar-refractivity contribution in [3.63, 3.8) is 0 Å². The van der Waals surface area contributed by atoms with Crippen molar-refractivity contribution in [2.24, 2.45) is 5.92 Å². The minimum absolute atomic E-state index is 0.128. The molecule has 74 valence electrons. The Hall–Kier alpha value is -0.570. The van der Waals surface area contributed by atoms with Crippen molar-refractivity contribution in [2.75, 3.05) is 14.1 Å². The van der Waals surface area contributed by atoms with Crippen LogP contribution in [-0.4, -0.2) is 36.6 Å². The van der Waals surface area contributed by atoms with Gasteiger partial charge < -0.3 is 9.64 Å². The van der Waals surface area contributed by atoms with Gasteiger partial charge in [0.15, 0.2) is 0 Å². The summed E-state index contributed by atoms with van der Waals surface area (Å²) in [6.45, 7) is 2.15. The van der Waals surface area contributed by atoms with Gasteiger partial charge in [-0.15, -0.1) is 0 Å². The Balaban J connectivity index is 1.94. The fraction of sp³-hybridized carbons (Fsp3) is 0.900. The summed E-state index contributed by atoms with van der Waals surface area (Å²) in [5, 5.41) is 0. The lowest BCUT2D eigenvalue weighted by atomic mass is 9.82. The van der Waals surface area contributed by atoms with Crippen LogP contribution < -0.4 is 0 Å². The lowest BCUT2D eigenvalue weighted by Gasteiger charge is -2.24. The lowest BCUT2D eigenvalue weighted by molar-refractivity contribution is -0.133. The third-order valence-electron chi connectivity index (χ3n) is 3.31. The number of hydrogen-bond acceptors (Lipinski definition) is 2. The van der Waals surface area contributed by atoms with E-state index in [1.165, 1.54) is 0 Å². The van der Waals surface area contributed by atoms with E-state index >= 15 is 0 Å². The standard InChI is InChI=1S/C10H17NO2/c1-10-5-4-7(6-8(10)13-10)9(12)11(2)3/h7-8H,4-6H2,1-3H3. The van der Waals surface area contributed by atoms with E-state index in [1.807, 2.05) is 14.1 Å². The van der Waals surface area contributed by atoms with E-state index in [0.717, 1.165) is 19.3 Å². The van der Waals surface area contributed by atoms with Crippen LogP contribution in [0.3, 0.4) is 0 Å². The zero-order valence-corrected chi connectivity index (χ0v) is 8.54. The molecule has 0 spiro atoms. The van der Waals surface area contributed by atoms with Crippen molar-refractivity contribution in [2.45, 2.75) is 37.9 Å². The molecule has 3 nitrogen and oxygen atoms in total. The topological polar surface area (TPSA) is 32.8 Å². The Bertz CT molecular complexity index is 239. The molecule has 0 aromatic rings. The average Bonchev–Trinajstić information content (AvgIpc) is 2.73. The minimum Gasteiger partial charge on any atom is -0.366 e. The van der Waals surface area contributed by atoms with Gasteiger partial charge in [0, 0.05) is 20.0 Å². The number of carbonyl (C=O) groups excluding carboxylic acids is 1. The average molecular weight is 183 g/mol.